The monoisotopic (exact) mass is 413 g/mol. The van der Waals surface area contributed by atoms with E-state index in [1.807, 2.05) is 95.6 Å². The highest BCUT2D eigenvalue weighted by molar-refractivity contribution is 7.99. The van der Waals surface area contributed by atoms with Gasteiger partial charge in [-0.25, -0.2) is 5.43 Å². The van der Waals surface area contributed by atoms with Gasteiger partial charge in [-0.3, -0.25) is 9.36 Å². The van der Waals surface area contributed by atoms with Crippen LogP contribution in [0.5, 0.6) is 0 Å². The lowest BCUT2D eigenvalue weighted by molar-refractivity contribution is -0.118. The van der Waals surface area contributed by atoms with Crippen molar-refractivity contribution in [1.82, 2.24) is 20.2 Å². The highest BCUT2D eigenvalue weighted by Crippen LogP contribution is 2.27. The van der Waals surface area contributed by atoms with Crippen LogP contribution < -0.4 is 5.43 Å². The molecule has 0 aliphatic heterocycles. The number of nitrogens with zero attached hydrogens (tertiary/aromatic N) is 4. The molecule has 3 aromatic carbocycles. The summed E-state index contributed by atoms with van der Waals surface area (Å²) in [7, 11) is 0. The average Bonchev–Trinajstić information content (AvgIpc) is 3.23. The van der Waals surface area contributed by atoms with Gasteiger partial charge >= 0.3 is 0 Å². The van der Waals surface area contributed by atoms with Gasteiger partial charge in [0.2, 0.25) is 0 Å². The third kappa shape index (κ3) is 4.82. The van der Waals surface area contributed by atoms with E-state index in [2.05, 4.69) is 20.7 Å². The van der Waals surface area contributed by atoms with Crippen molar-refractivity contribution in [3.8, 4) is 17.1 Å². The van der Waals surface area contributed by atoms with Gasteiger partial charge in [-0.1, -0.05) is 90.6 Å². The zero-order chi connectivity index (χ0) is 20.6. The summed E-state index contributed by atoms with van der Waals surface area (Å²) in [6, 6.07) is 29.3. The van der Waals surface area contributed by atoms with Crippen molar-refractivity contribution in [2.75, 3.05) is 5.75 Å². The Morgan fingerprint density at radius 2 is 1.53 bits per heavy atom. The van der Waals surface area contributed by atoms with E-state index in [-0.39, 0.29) is 11.7 Å². The van der Waals surface area contributed by atoms with Crippen molar-refractivity contribution >= 4 is 23.9 Å². The molecular formula is C23H19N5OS. The number of amides is 1. The summed E-state index contributed by atoms with van der Waals surface area (Å²) >= 11 is 1.32. The Bertz CT molecular complexity index is 1130. The van der Waals surface area contributed by atoms with Gasteiger partial charge in [-0.2, -0.15) is 5.10 Å². The van der Waals surface area contributed by atoms with Crippen molar-refractivity contribution < 1.29 is 4.79 Å². The van der Waals surface area contributed by atoms with Gasteiger partial charge in [0, 0.05) is 11.3 Å². The molecule has 0 saturated heterocycles. The van der Waals surface area contributed by atoms with Crippen molar-refractivity contribution in [1.29, 1.82) is 0 Å². The summed E-state index contributed by atoms with van der Waals surface area (Å²) in [6.45, 7) is 0. The molecule has 0 fully saturated rings. The van der Waals surface area contributed by atoms with Gasteiger partial charge in [0.15, 0.2) is 11.0 Å². The minimum absolute atomic E-state index is 0.173. The predicted molar refractivity (Wildman–Crippen MR) is 120 cm³/mol. The summed E-state index contributed by atoms with van der Waals surface area (Å²) in [6.07, 6.45) is 1.61. The van der Waals surface area contributed by atoms with Crippen LogP contribution in [0.3, 0.4) is 0 Å². The SMILES string of the molecule is O=C(CSc1nnc(-c2ccccc2)n1-c1ccccc1)N/N=C/c1ccccc1. The lowest BCUT2D eigenvalue weighted by Gasteiger charge is -2.10. The van der Waals surface area contributed by atoms with E-state index in [1.54, 1.807) is 6.21 Å². The van der Waals surface area contributed by atoms with Gasteiger partial charge in [-0.15, -0.1) is 10.2 Å². The number of para-hydroxylation sites is 1. The smallest absolute Gasteiger partial charge is 0.250 e. The van der Waals surface area contributed by atoms with Crippen LogP contribution in [0.4, 0.5) is 0 Å². The Morgan fingerprint density at radius 1 is 0.900 bits per heavy atom. The van der Waals surface area contributed by atoms with Crippen LogP contribution in [0.25, 0.3) is 17.1 Å². The molecule has 1 N–H and O–H groups in total. The van der Waals surface area contributed by atoms with Crippen molar-refractivity contribution in [2.45, 2.75) is 5.16 Å². The quantitative estimate of drug-likeness (QED) is 0.280. The van der Waals surface area contributed by atoms with Crippen LogP contribution in [0.2, 0.25) is 0 Å². The molecule has 7 heteroatoms. The maximum atomic E-state index is 12.2. The van der Waals surface area contributed by atoms with E-state index in [1.165, 1.54) is 11.8 Å². The van der Waals surface area contributed by atoms with Gasteiger partial charge in [0.1, 0.15) is 0 Å². The maximum Gasteiger partial charge on any atom is 0.250 e. The first kappa shape index (κ1) is 19.6. The Morgan fingerprint density at radius 3 is 2.23 bits per heavy atom. The van der Waals surface area contributed by atoms with Crippen LogP contribution in [0, 0.1) is 0 Å². The topological polar surface area (TPSA) is 72.2 Å². The molecule has 0 aliphatic rings. The molecule has 0 radical (unpaired) electrons. The van der Waals surface area contributed by atoms with Crippen LogP contribution in [-0.2, 0) is 4.79 Å². The van der Waals surface area contributed by atoms with Crippen LogP contribution in [-0.4, -0.2) is 32.6 Å². The summed E-state index contributed by atoms with van der Waals surface area (Å²) in [5.74, 6) is 0.689. The standard InChI is InChI=1S/C23H19N5OS/c29-21(25-24-16-18-10-4-1-5-11-18)17-30-23-27-26-22(19-12-6-2-7-13-19)28(23)20-14-8-3-9-15-20/h1-16H,17H2,(H,25,29)/b24-16+. The lowest BCUT2D eigenvalue weighted by Crippen LogP contribution is -2.20. The summed E-state index contributed by atoms with van der Waals surface area (Å²) < 4.78 is 1.96. The van der Waals surface area contributed by atoms with Gasteiger partial charge in [0.25, 0.3) is 5.91 Å². The molecule has 148 valence electrons. The largest absolute Gasteiger partial charge is 0.272 e. The van der Waals surface area contributed by atoms with Crippen molar-refractivity contribution in [3.05, 3.63) is 96.6 Å². The minimum atomic E-state index is -0.212. The van der Waals surface area contributed by atoms with Gasteiger partial charge in [0.05, 0.1) is 12.0 Å². The zero-order valence-corrected chi connectivity index (χ0v) is 16.9. The predicted octanol–water partition coefficient (Wildman–Crippen LogP) is 4.18. The summed E-state index contributed by atoms with van der Waals surface area (Å²) in [5, 5.41) is 13.3. The zero-order valence-electron chi connectivity index (χ0n) is 16.1. The van der Waals surface area contributed by atoms with Crippen LogP contribution in [0.15, 0.2) is 101 Å². The number of carbonyl (C=O) groups is 1. The fourth-order valence-electron chi connectivity index (χ4n) is 2.83. The first-order chi connectivity index (χ1) is 14.8. The number of hydrazone groups is 1. The fourth-order valence-corrected chi connectivity index (χ4v) is 3.57. The molecule has 0 unspecified atom stereocenters. The summed E-state index contributed by atoms with van der Waals surface area (Å²) in [5.41, 5.74) is 5.36. The molecule has 0 aliphatic carbocycles. The highest BCUT2D eigenvalue weighted by Gasteiger charge is 2.16. The normalized spacial score (nSPS) is 10.9. The average molecular weight is 414 g/mol. The number of nitrogens with one attached hydrogen (secondary N) is 1. The second-order valence-corrected chi connectivity index (χ2v) is 7.28. The fraction of sp³-hybridized carbons (Fsp3) is 0.0435. The van der Waals surface area contributed by atoms with E-state index in [0.29, 0.717) is 5.16 Å². The molecular weight excluding hydrogens is 394 g/mol. The number of carbonyl (C=O) groups excluding carboxylic acids is 1. The maximum absolute atomic E-state index is 12.2. The second-order valence-electron chi connectivity index (χ2n) is 6.34. The number of thioether (sulfide) groups is 1. The molecule has 0 atom stereocenters. The molecule has 1 amide bonds. The Hall–Kier alpha value is -3.71. The van der Waals surface area contributed by atoms with E-state index >= 15 is 0 Å². The van der Waals surface area contributed by atoms with Crippen molar-refractivity contribution in [3.63, 3.8) is 0 Å². The summed E-state index contributed by atoms with van der Waals surface area (Å²) in [4.78, 5) is 12.2. The minimum Gasteiger partial charge on any atom is -0.272 e. The molecule has 0 saturated carbocycles. The van der Waals surface area contributed by atoms with E-state index < -0.39 is 0 Å². The lowest BCUT2D eigenvalue weighted by atomic mass is 10.2. The molecule has 0 bridgehead atoms. The third-order valence-electron chi connectivity index (χ3n) is 4.21. The first-order valence-corrected chi connectivity index (χ1v) is 10.4. The molecule has 0 spiro atoms. The molecule has 1 heterocycles. The van der Waals surface area contributed by atoms with E-state index in [9.17, 15) is 4.79 Å². The number of rotatable bonds is 7. The van der Waals surface area contributed by atoms with Crippen LogP contribution >= 0.6 is 11.8 Å². The van der Waals surface area contributed by atoms with Gasteiger partial charge < -0.3 is 0 Å². The molecule has 4 rings (SSSR count). The van der Waals surface area contributed by atoms with Crippen molar-refractivity contribution in [2.24, 2.45) is 5.10 Å². The molecule has 4 aromatic rings. The molecule has 6 nitrogen and oxygen atoms in total. The highest BCUT2D eigenvalue weighted by atomic mass is 32.2. The molecule has 30 heavy (non-hydrogen) atoms. The van der Waals surface area contributed by atoms with Gasteiger partial charge in [-0.05, 0) is 17.7 Å². The molecule has 1 aromatic heterocycles. The van der Waals surface area contributed by atoms with E-state index in [4.69, 9.17) is 0 Å². The Kier molecular flexibility index (Phi) is 6.31. The third-order valence-corrected chi connectivity index (χ3v) is 5.14. The number of hydrogen-bond donors (Lipinski definition) is 1. The van der Waals surface area contributed by atoms with Crippen LogP contribution in [0.1, 0.15) is 5.56 Å². The number of aromatic nitrogens is 3. The Balaban J connectivity index is 1.49. The van der Waals surface area contributed by atoms with E-state index in [0.717, 1.165) is 22.6 Å². The second kappa shape index (κ2) is 9.67. The number of benzene rings is 3. The Labute approximate surface area is 178 Å². The first-order valence-electron chi connectivity index (χ1n) is 9.37. The number of hydrogen-bond acceptors (Lipinski definition) is 5.